The van der Waals surface area contributed by atoms with Gasteiger partial charge >= 0.3 is 0 Å². The molecule has 1 aliphatic rings. The molecule has 0 spiro atoms. The van der Waals surface area contributed by atoms with Gasteiger partial charge in [-0.2, -0.15) is 0 Å². The summed E-state index contributed by atoms with van der Waals surface area (Å²) in [6.07, 6.45) is 6.54. The van der Waals surface area contributed by atoms with Crippen molar-refractivity contribution < 1.29 is 0 Å². The highest BCUT2D eigenvalue weighted by Gasteiger charge is 2.23. The Bertz CT molecular complexity index is 358. The lowest BCUT2D eigenvalue weighted by molar-refractivity contribution is 0.325. The molecule has 1 fully saturated rings. The van der Waals surface area contributed by atoms with Crippen molar-refractivity contribution in [2.45, 2.75) is 38.5 Å². The molecule has 0 aliphatic heterocycles. The Hall–Kier alpha value is -1.12. The molecule has 1 N–H and O–H groups in total. The third kappa shape index (κ3) is 1.86. The third-order valence-corrected chi connectivity index (χ3v) is 3.19. The third-order valence-electron chi connectivity index (χ3n) is 3.19. The van der Waals surface area contributed by atoms with Crippen LogP contribution in [0.4, 0.5) is 0 Å². The lowest BCUT2D eigenvalue weighted by Gasteiger charge is -2.27. The molecule has 0 amide bonds. The van der Waals surface area contributed by atoms with Crippen LogP contribution in [0.5, 0.6) is 0 Å². The first-order valence-electron chi connectivity index (χ1n) is 5.32. The normalized spacial score (nSPS) is 27.5. The van der Waals surface area contributed by atoms with Crippen LogP contribution in [0.3, 0.4) is 0 Å². The zero-order valence-corrected chi connectivity index (χ0v) is 8.49. The van der Waals surface area contributed by atoms with Crippen LogP contribution in [0.1, 0.15) is 44.2 Å². The second-order valence-electron chi connectivity index (χ2n) is 4.20. The number of nitrogens with one attached hydrogen (secondary N) is 1. The zero-order valence-electron chi connectivity index (χ0n) is 8.49. The van der Waals surface area contributed by atoms with Crippen LogP contribution >= 0.6 is 0 Å². The van der Waals surface area contributed by atoms with E-state index in [1.54, 1.807) is 6.07 Å². The maximum Gasteiger partial charge on any atom is 0.250 e. The largest absolute Gasteiger partial charge is 0.313 e. The fourth-order valence-electron chi connectivity index (χ4n) is 2.34. The Balaban J connectivity index is 2.24. The Morgan fingerprint density at radius 3 is 2.93 bits per heavy atom. The van der Waals surface area contributed by atoms with Crippen molar-refractivity contribution >= 4 is 0 Å². The number of H-pyrrole nitrogens is 1. The van der Waals surface area contributed by atoms with Gasteiger partial charge in [-0.1, -0.05) is 26.2 Å². The molecule has 0 aromatic carbocycles. The Labute approximate surface area is 83.6 Å². The van der Waals surface area contributed by atoms with E-state index in [9.17, 15) is 4.79 Å². The SMILES string of the molecule is CC1CCCCC1c1cc(=O)[nH]cn1. The van der Waals surface area contributed by atoms with Crippen molar-refractivity contribution in [3.8, 4) is 0 Å². The van der Waals surface area contributed by atoms with Crippen LogP contribution in [0.25, 0.3) is 0 Å². The maximum absolute atomic E-state index is 11.1. The van der Waals surface area contributed by atoms with Crippen molar-refractivity contribution in [2.24, 2.45) is 5.92 Å². The molecule has 1 aliphatic carbocycles. The Morgan fingerprint density at radius 2 is 2.21 bits per heavy atom. The summed E-state index contributed by atoms with van der Waals surface area (Å²) in [4.78, 5) is 18.0. The van der Waals surface area contributed by atoms with E-state index in [4.69, 9.17) is 0 Å². The number of aromatic amines is 1. The molecule has 1 heterocycles. The molecule has 14 heavy (non-hydrogen) atoms. The first kappa shape index (κ1) is 9.44. The number of rotatable bonds is 1. The minimum absolute atomic E-state index is 0.0345. The molecule has 1 aromatic heterocycles. The van der Waals surface area contributed by atoms with Gasteiger partial charge < -0.3 is 4.98 Å². The Morgan fingerprint density at radius 1 is 1.43 bits per heavy atom. The first-order chi connectivity index (χ1) is 6.77. The van der Waals surface area contributed by atoms with Gasteiger partial charge in [0.05, 0.1) is 12.0 Å². The standard InChI is InChI=1S/C11H16N2O/c1-8-4-2-3-5-9(8)10-6-11(14)13-7-12-10/h6-9H,2-5H2,1H3,(H,12,13,14). The van der Waals surface area contributed by atoms with Crippen molar-refractivity contribution in [2.75, 3.05) is 0 Å². The molecule has 0 bridgehead atoms. The van der Waals surface area contributed by atoms with Gasteiger partial charge in [-0.25, -0.2) is 4.98 Å². The molecule has 0 saturated heterocycles. The highest BCUT2D eigenvalue weighted by Crippen LogP contribution is 2.35. The molecular formula is C11H16N2O. The second kappa shape index (κ2) is 3.95. The van der Waals surface area contributed by atoms with E-state index in [0.717, 1.165) is 5.69 Å². The highest BCUT2D eigenvalue weighted by atomic mass is 16.1. The minimum Gasteiger partial charge on any atom is -0.313 e. The quantitative estimate of drug-likeness (QED) is 0.740. The number of nitrogens with zero attached hydrogens (tertiary/aromatic N) is 1. The van der Waals surface area contributed by atoms with Crippen LogP contribution in [0.2, 0.25) is 0 Å². The predicted molar refractivity (Wildman–Crippen MR) is 55.2 cm³/mol. The zero-order chi connectivity index (χ0) is 9.97. The first-order valence-corrected chi connectivity index (χ1v) is 5.32. The van der Waals surface area contributed by atoms with E-state index >= 15 is 0 Å². The molecule has 2 rings (SSSR count). The van der Waals surface area contributed by atoms with Crippen molar-refractivity contribution in [1.82, 2.24) is 9.97 Å². The smallest absolute Gasteiger partial charge is 0.250 e. The summed E-state index contributed by atoms with van der Waals surface area (Å²) in [5, 5.41) is 0. The lowest BCUT2D eigenvalue weighted by Crippen LogP contribution is -2.18. The molecule has 2 unspecified atom stereocenters. The summed E-state index contributed by atoms with van der Waals surface area (Å²) in [6.45, 7) is 2.26. The molecule has 3 heteroatoms. The van der Waals surface area contributed by atoms with E-state index in [1.807, 2.05) is 0 Å². The molecule has 2 atom stereocenters. The van der Waals surface area contributed by atoms with Gasteiger partial charge in [0, 0.05) is 12.0 Å². The van der Waals surface area contributed by atoms with Crippen molar-refractivity contribution in [3.05, 3.63) is 28.4 Å². The van der Waals surface area contributed by atoms with Crippen LogP contribution in [-0.2, 0) is 0 Å². The van der Waals surface area contributed by atoms with E-state index in [1.165, 1.54) is 32.0 Å². The molecule has 1 saturated carbocycles. The van der Waals surface area contributed by atoms with Gasteiger partial charge in [0.1, 0.15) is 0 Å². The second-order valence-corrected chi connectivity index (χ2v) is 4.20. The van der Waals surface area contributed by atoms with Crippen molar-refractivity contribution in [3.63, 3.8) is 0 Å². The molecular weight excluding hydrogens is 176 g/mol. The summed E-state index contributed by atoms with van der Waals surface area (Å²) >= 11 is 0. The number of hydrogen-bond donors (Lipinski definition) is 1. The van der Waals surface area contributed by atoms with E-state index in [0.29, 0.717) is 11.8 Å². The predicted octanol–water partition coefficient (Wildman–Crippen LogP) is 2.06. The number of aromatic nitrogens is 2. The van der Waals surface area contributed by atoms with E-state index in [2.05, 4.69) is 16.9 Å². The lowest BCUT2D eigenvalue weighted by atomic mass is 9.78. The fraction of sp³-hybridized carbons (Fsp3) is 0.636. The van der Waals surface area contributed by atoms with E-state index in [-0.39, 0.29) is 5.56 Å². The molecule has 3 nitrogen and oxygen atoms in total. The van der Waals surface area contributed by atoms with Gasteiger partial charge in [-0.3, -0.25) is 4.79 Å². The topological polar surface area (TPSA) is 45.8 Å². The van der Waals surface area contributed by atoms with Crippen LogP contribution in [0, 0.1) is 5.92 Å². The van der Waals surface area contributed by atoms with Gasteiger partial charge in [-0.15, -0.1) is 0 Å². The van der Waals surface area contributed by atoms with Crippen LogP contribution < -0.4 is 5.56 Å². The van der Waals surface area contributed by atoms with Crippen molar-refractivity contribution in [1.29, 1.82) is 0 Å². The fourth-order valence-corrected chi connectivity index (χ4v) is 2.34. The molecule has 76 valence electrons. The molecule has 1 aromatic rings. The summed E-state index contributed by atoms with van der Waals surface area (Å²) in [6, 6.07) is 1.65. The average molecular weight is 192 g/mol. The highest BCUT2D eigenvalue weighted by molar-refractivity contribution is 5.08. The van der Waals surface area contributed by atoms with Gasteiger partial charge in [0.15, 0.2) is 0 Å². The Kier molecular flexibility index (Phi) is 2.66. The average Bonchev–Trinajstić information content (AvgIpc) is 2.18. The van der Waals surface area contributed by atoms with Gasteiger partial charge in [-0.05, 0) is 12.3 Å². The maximum atomic E-state index is 11.1. The number of hydrogen-bond acceptors (Lipinski definition) is 2. The summed E-state index contributed by atoms with van der Waals surface area (Å²) in [5.41, 5.74) is 0.939. The monoisotopic (exact) mass is 192 g/mol. The van der Waals surface area contributed by atoms with Gasteiger partial charge in [0.2, 0.25) is 0 Å². The summed E-state index contributed by atoms with van der Waals surface area (Å²) < 4.78 is 0. The summed E-state index contributed by atoms with van der Waals surface area (Å²) in [7, 11) is 0. The van der Waals surface area contributed by atoms with Crippen LogP contribution in [0.15, 0.2) is 17.2 Å². The minimum atomic E-state index is -0.0345. The molecule has 0 radical (unpaired) electrons. The van der Waals surface area contributed by atoms with Crippen LogP contribution in [-0.4, -0.2) is 9.97 Å². The summed E-state index contributed by atoms with van der Waals surface area (Å²) in [5.74, 6) is 1.16. The van der Waals surface area contributed by atoms with E-state index < -0.39 is 0 Å². The van der Waals surface area contributed by atoms with Gasteiger partial charge in [0.25, 0.3) is 5.56 Å².